The number of benzene rings is 1. The fourth-order valence-electron chi connectivity index (χ4n) is 0.978. The first-order valence-corrected chi connectivity index (χ1v) is 4.77. The van der Waals surface area contributed by atoms with Crippen LogP contribution in [0.5, 0.6) is 5.75 Å². The van der Waals surface area contributed by atoms with Gasteiger partial charge in [0.25, 0.3) is 0 Å². The molecule has 0 aliphatic carbocycles. The molecule has 0 aromatic heterocycles. The highest BCUT2D eigenvalue weighted by Gasteiger charge is 1.99. The van der Waals surface area contributed by atoms with E-state index in [1.807, 2.05) is 18.2 Å². The van der Waals surface area contributed by atoms with Gasteiger partial charge < -0.3 is 9.16 Å². The van der Waals surface area contributed by atoms with E-state index in [1.54, 1.807) is 14.2 Å². The number of hydrogen-bond acceptors (Lipinski definition) is 2. The molecule has 1 aromatic carbocycles. The van der Waals surface area contributed by atoms with Crippen molar-refractivity contribution in [3.05, 3.63) is 24.3 Å². The van der Waals surface area contributed by atoms with Gasteiger partial charge in [0, 0.05) is 12.3 Å². The SMILES string of the molecule is CO[SiH2]c1ccccc1OC. The van der Waals surface area contributed by atoms with E-state index < -0.39 is 9.76 Å². The average Bonchev–Trinajstić information content (AvgIpc) is 2.06. The lowest BCUT2D eigenvalue weighted by atomic mass is 10.3. The normalized spacial score (nSPS) is 10.7. The maximum absolute atomic E-state index is 5.15. The molecule has 0 radical (unpaired) electrons. The molecule has 0 heterocycles. The lowest BCUT2D eigenvalue weighted by molar-refractivity contribution is 0.414. The predicted octanol–water partition coefficient (Wildman–Crippen LogP) is 0.0507. The van der Waals surface area contributed by atoms with E-state index in [1.165, 1.54) is 5.19 Å². The minimum atomic E-state index is -0.566. The van der Waals surface area contributed by atoms with Crippen LogP contribution in [0.15, 0.2) is 24.3 Å². The second kappa shape index (κ2) is 4.15. The standard InChI is InChI=1S/C8H12O2Si/c1-9-7-5-3-4-6-8(7)11-10-2/h3-6H,11H2,1-2H3. The molecule has 3 heteroatoms. The molecule has 0 atom stereocenters. The van der Waals surface area contributed by atoms with Gasteiger partial charge in [0.1, 0.15) is 5.75 Å². The molecule has 0 unspecified atom stereocenters. The first-order valence-electron chi connectivity index (χ1n) is 3.49. The fourth-order valence-corrected chi connectivity index (χ4v) is 1.93. The molecule has 0 bridgehead atoms. The third kappa shape index (κ3) is 2.06. The molecule has 0 saturated heterocycles. The van der Waals surface area contributed by atoms with Crippen LogP contribution >= 0.6 is 0 Å². The Bertz CT molecular complexity index is 225. The van der Waals surface area contributed by atoms with Crippen LogP contribution in [-0.2, 0) is 4.43 Å². The van der Waals surface area contributed by atoms with Gasteiger partial charge in [-0.05, 0) is 6.07 Å². The second-order valence-corrected chi connectivity index (χ2v) is 3.87. The summed E-state index contributed by atoms with van der Waals surface area (Å²) in [6, 6.07) is 7.98. The number of para-hydroxylation sites is 1. The quantitative estimate of drug-likeness (QED) is 0.594. The molecule has 60 valence electrons. The van der Waals surface area contributed by atoms with Crippen molar-refractivity contribution in [3.8, 4) is 5.75 Å². The fraction of sp³-hybridized carbons (Fsp3) is 0.250. The molecule has 0 aliphatic rings. The third-order valence-corrected chi connectivity index (χ3v) is 2.68. The van der Waals surface area contributed by atoms with Crippen molar-refractivity contribution in [2.45, 2.75) is 0 Å². The minimum Gasteiger partial charge on any atom is -0.497 e. The molecule has 0 N–H and O–H groups in total. The van der Waals surface area contributed by atoms with E-state index in [2.05, 4.69) is 6.07 Å². The van der Waals surface area contributed by atoms with E-state index in [9.17, 15) is 0 Å². The van der Waals surface area contributed by atoms with Crippen molar-refractivity contribution in [3.63, 3.8) is 0 Å². The summed E-state index contributed by atoms with van der Waals surface area (Å²) in [5.41, 5.74) is 0. The Hall–Kier alpha value is -0.803. The topological polar surface area (TPSA) is 18.5 Å². The van der Waals surface area contributed by atoms with Crippen molar-refractivity contribution in [2.75, 3.05) is 14.2 Å². The summed E-state index contributed by atoms with van der Waals surface area (Å²) in [7, 11) is 2.85. The average molecular weight is 168 g/mol. The molecule has 11 heavy (non-hydrogen) atoms. The highest BCUT2D eigenvalue weighted by Crippen LogP contribution is 2.03. The van der Waals surface area contributed by atoms with Gasteiger partial charge >= 0.3 is 0 Å². The first kappa shape index (κ1) is 8.29. The summed E-state index contributed by atoms with van der Waals surface area (Å²) in [5.74, 6) is 0.945. The van der Waals surface area contributed by atoms with Gasteiger partial charge in [-0.15, -0.1) is 0 Å². The van der Waals surface area contributed by atoms with Gasteiger partial charge in [-0.2, -0.15) is 0 Å². The summed E-state index contributed by atoms with van der Waals surface area (Å²) in [4.78, 5) is 0. The summed E-state index contributed by atoms with van der Waals surface area (Å²) in [6.45, 7) is 0. The van der Waals surface area contributed by atoms with E-state index >= 15 is 0 Å². The molecule has 0 amide bonds. The van der Waals surface area contributed by atoms with Gasteiger partial charge in [-0.25, -0.2) is 0 Å². The number of rotatable bonds is 3. The molecule has 1 rings (SSSR count). The van der Waals surface area contributed by atoms with Crippen molar-refractivity contribution >= 4 is 14.9 Å². The molecule has 0 aliphatic heterocycles. The van der Waals surface area contributed by atoms with Crippen molar-refractivity contribution in [2.24, 2.45) is 0 Å². The zero-order valence-corrected chi connectivity index (χ0v) is 8.25. The van der Waals surface area contributed by atoms with Gasteiger partial charge in [-0.3, -0.25) is 0 Å². The summed E-state index contributed by atoms with van der Waals surface area (Å²) in [5, 5.41) is 1.22. The van der Waals surface area contributed by atoms with Crippen LogP contribution < -0.4 is 9.92 Å². The van der Waals surface area contributed by atoms with Crippen molar-refractivity contribution in [1.82, 2.24) is 0 Å². The maximum atomic E-state index is 5.15. The lowest BCUT2D eigenvalue weighted by Crippen LogP contribution is -2.17. The molecular formula is C8H12O2Si. The Labute approximate surface area is 69.1 Å². The molecule has 2 nitrogen and oxygen atoms in total. The number of methoxy groups -OCH3 is 1. The summed E-state index contributed by atoms with van der Waals surface area (Å²) < 4.78 is 10.3. The van der Waals surface area contributed by atoms with Gasteiger partial charge in [-0.1, -0.05) is 18.2 Å². The van der Waals surface area contributed by atoms with E-state index in [0.717, 1.165) is 5.75 Å². The molecular weight excluding hydrogens is 156 g/mol. The second-order valence-electron chi connectivity index (χ2n) is 2.24. The summed E-state index contributed by atoms with van der Waals surface area (Å²) in [6.07, 6.45) is 0. The maximum Gasteiger partial charge on any atom is 0.195 e. The van der Waals surface area contributed by atoms with Crippen molar-refractivity contribution < 1.29 is 9.16 Å². The van der Waals surface area contributed by atoms with E-state index in [-0.39, 0.29) is 0 Å². The highest BCUT2D eigenvalue weighted by atomic mass is 28.2. The highest BCUT2D eigenvalue weighted by molar-refractivity contribution is 6.48. The van der Waals surface area contributed by atoms with Crippen LogP contribution in [0.4, 0.5) is 0 Å². The van der Waals surface area contributed by atoms with Crippen molar-refractivity contribution in [1.29, 1.82) is 0 Å². The minimum absolute atomic E-state index is 0.566. The van der Waals surface area contributed by atoms with Gasteiger partial charge in [0.15, 0.2) is 9.76 Å². The van der Waals surface area contributed by atoms with Crippen LogP contribution in [0.25, 0.3) is 0 Å². The molecule has 0 spiro atoms. The molecule has 1 aromatic rings. The van der Waals surface area contributed by atoms with Crippen LogP contribution in [0.2, 0.25) is 0 Å². The Morgan fingerprint density at radius 1 is 1.18 bits per heavy atom. The van der Waals surface area contributed by atoms with Crippen LogP contribution in [0, 0.1) is 0 Å². The van der Waals surface area contributed by atoms with Gasteiger partial charge in [0.05, 0.1) is 7.11 Å². The number of ether oxygens (including phenoxy) is 1. The smallest absolute Gasteiger partial charge is 0.195 e. The monoisotopic (exact) mass is 168 g/mol. The number of hydrogen-bond donors (Lipinski definition) is 0. The van der Waals surface area contributed by atoms with E-state index in [0.29, 0.717) is 0 Å². The Morgan fingerprint density at radius 2 is 1.91 bits per heavy atom. The van der Waals surface area contributed by atoms with Gasteiger partial charge in [0.2, 0.25) is 0 Å². The largest absolute Gasteiger partial charge is 0.497 e. The Kier molecular flexibility index (Phi) is 3.13. The predicted molar refractivity (Wildman–Crippen MR) is 48.2 cm³/mol. The van der Waals surface area contributed by atoms with Crippen LogP contribution in [-0.4, -0.2) is 24.0 Å². The Balaban J connectivity index is 2.83. The lowest BCUT2D eigenvalue weighted by Gasteiger charge is -2.05. The zero-order chi connectivity index (χ0) is 8.10. The first-order chi connectivity index (χ1) is 5.38. The summed E-state index contributed by atoms with van der Waals surface area (Å²) >= 11 is 0. The zero-order valence-electron chi connectivity index (χ0n) is 6.83. The van der Waals surface area contributed by atoms with Crippen LogP contribution in [0.1, 0.15) is 0 Å². The van der Waals surface area contributed by atoms with Crippen LogP contribution in [0.3, 0.4) is 0 Å². The van der Waals surface area contributed by atoms with E-state index in [4.69, 9.17) is 9.16 Å². The molecule has 0 saturated carbocycles. The Morgan fingerprint density at radius 3 is 2.55 bits per heavy atom. The third-order valence-electron chi connectivity index (χ3n) is 1.49. The molecule has 0 fully saturated rings.